The van der Waals surface area contributed by atoms with E-state index in [4.69, 9.17) is 0 Å². The van der Waals surface area contributed by atoms with Gasteiger partial charge in [-0.15, -0.1) is 0 Å². The normalized spacial score (nSPS) is 13.7. The molecule has 2 amide bonds. The Bertz CT molecular complexity index is 1080. The molecule has 0 spiro atoms. The summed E-state index contributed by atoms with van der Waals surface area (Å²) in [6, 6.07) is 17.1. The van der Waals surface area contributed by atoms with Crippen LogP contribution in [0.5, 0.6) is 0 Å². The summed E-state index contributed by atoms with van der Waals surface area (Å²) in [7, 11) is 0. The zero-order valence-electron chi connectivity index (χ0n) is 17.2. The number of amides is 2. The largest absolute Gasteiger partial charge is 0.353 e. The van der Waals surface area contributed by atoms with Gasteiger partial charge in [0.2, 0.25) is 0 Å². The Labute approximate surface area is 180 Å². The van der Waals surface area contributed by atoms with E-state index in [1.807, 2.05) is 31.2 Å². The molecule has 31 heavy (non-hydrogen) atoms. The first-order chi connectivity index (χ1) is 15.0. The Morgan fingerprint density at radius 1 is 0.935 bits per heavy atom. The number of nitrogens with zero attached hydrogens (tertiary/aromatic N) is 3. The monoisotopic (exact) mass is 418 g/mol. The molecule has 0 saturated carbocycles. The highest BCUT2D eigenvalue weighted by Crippen LogP contribution is 2.18. The van der Waals surface area contributed by atoms with Crippen molar-refractivity contribution >= 4 is 23.3 Å². The van der Waals surface area contributed by atoms with Crippen molar-refractivity contribution in [3.8, 4) is 0 Å². The van der Waals surface area contributed by atoms with Crippen molar-refractivity contribution in [1.29, 1.82) is 0 Å². The molecule has 1 saturated heterocycles. The number of carbonyl (C=O) groups excluding carboxylic acids is 2. The van der Waals surface area contributed by atoms with Crippen LogP contribution in [0.4, 0.5) is 15.9 Å². The molecule has 3 aromatic rings. The molecular formula is C24H23FN4O2. The van der Waals surface area contributed by atoms with Gasteiger partial charge < -0.3 is 15.1 Å². The summed E-state index contributed by atoms with van der Waals surface area (Å²) >= 11 is 0. The second kappa shape index (κ2) is 8.95. The fourth-order valence-corrected chi connectivity index (χ4v) is 3.50. The number of carbonyl (C=O) groups is 2. The lowest BCUT2D eigenvalue weighted by Gasteiger charge is -2.35. The number of piperazine rings is 1. The highest BCUT2D eigenvalue weighted by atomic mass is 19.1. The summed E-state index contributed by atoms with van der Waals surface area (Å²) in [6.07, 6.45) is 1.62. The number of pyridine rings is 1. The van der Waals surface area contributed by atoms with Gasteiger partial charge in [0.1, 0.15) is 11.6 Å². The second-order valence-corrected chi connectivity index (χ2v) is 7.48. The standard InChI is InChI=1S/C24H23FN4O2/c1-17-6-8-18(9-7-17)23(30)27-19-10-11-22(26-16-19)28-12-14-29(15-13-28)24(31)20-4-2-3-5-21(20)25/h2-11,16H,12-15H2,1H3,(H,27,30). The van der Waals surface area contributed by atoms with Crippen molar-refractivity contribution in [3.63, 3.8) is 0 Å². The molecule has 1 aromatic heterocycles. The molecule has 0 radical (unpaired) electrons. The number of hydrogen-bond acceptors (Lipinski definition) is 4. The van der Waals surface area contributed by atoms with Crippen LogP contribution in [0.25, 0.3) is 0 Å². The number of halogens is 1. The van der Waals surface area contributed by atoms with E-state index in [9.17, 15) is 14.0 Å². The first-order valence-electron chi connectivity index (χ1n) is 10.1. The molecule has 1 aliphatic heterocycles. The van der Waals surface area contributed by atoms with E-state index in [0.29, 0.717) is 37.4 Å². The number of anilines is 2. The van der Waals surface area contributed by atoms with Crippen molar-refractivity contribution in [2.24, 2.45) is 0 Å². The van der Waals surface area contributed by atoms with Crippen LogP contribution < -0.4 is 10.2 Å². The summed E-state index contributed by atoms with van der Waals surface area (Å²) in [6.45, 7) is 4.14. The molecule has 158 valence electrons. The van der Waals surface area contributed by atoms with Gasteiger partial charge in [0.05, 0.1) is 17.4 Å². The predicted octanol–water partition coefficient (Wildman–Crippen LogP) is 3.74. The third-order valence-electron chi connectivity index (χ3n) is 5.31. The lowest BCUT2D eigenvalue weighted by Crippen LogP contribution is -2.49. The average molecular weight is 418 g/mol. The van der Waals surface area contributed by atoms with Crippen LogP contribution in [0.15, 0.2) is 66.9 Å². The van der Waals surface area contributed by atoms with E-state index in [-0.39, 0.29) is 17.4 Å². The van der Waals surface area contributed by atoms with Gasteiger partial charge in [-0.05, 0) is 43.3 Å². The van der Waals surface area contributed by atoms with Crippen molar-refractivity contribution in [3.05, 3.63) is 89.4 Å². The topological polar surface area (TPSA) is 65.5 Å². The van der Waals surface area contributed by atoms with Gasteiger partial charge in [-0.25, -0.2) is 9.37 Å². The number of benzene rings is 2. The second-order valence-electron chi connectivity index (χ2n) is 7.48. The summed E-state index contributed by atoms with van der Waals surface area (Å²) in [5.41, 5.74) is 2.40. The molecule has 6 nitrogen and oxygen atoms in total. The highest BCUT2D eigenvalue weighted by molar-refractivity contribution is 6.04. The van der Waals surface area contributed by atoms with Crippen LogP contribution in [0.1, 0.15) is 26.3 Å². The number of hydrogen-bond donors (Lipinski definition) is 1. The van der Waals surface area contributed by atoms with E-state index in [2.05, 4.69) is 15.2 Å². The number of nitrogens with one attached hydrogen (secondary N) is 1. The Balaban J connectivity index is 1.34. The van der Waals surface area contributed by atoms with Crippen LogP contribution in [-0.2, 0) is 0 Å². The van der Waals surface area contributed by atoms with Gasteiger partial charge in [0, 0.05) is 31.7 Å². The number of rotatable bonds is 4. The van der Waals surface area contributed by atoms with Gasteiger partial charge in [-0.2, -0.15) is 0 Å². The smallest absolute Gasteiger partial charge is 0.256 e. The van der Waals surface area contributed by atoms with E-state index < -0.39 is 5.82 Å². The molecule has 0 aliphatic carbocycles. The van der Waals surface area contributed by atoms with Crippen molar-refractivity contribution in [2.45, 2.75) is 6.92 Å². The Morgan fingerprint density at radius 2 is 1.65 bits per heavy atom. The molecule has 2 aromatic carbocycles. The average Bonchev–Trinajstić information content (AvgIpc) is 2.80. The van der Waals surface area contributed by atoms with Crippen LogP contribution in [-0.4, -0.2) is 47.9 Å². The Kier molecular flexibility index (Phi) is 5.93. The summed E-state index contributed by atoms with van der Waals surface area (Å²) in [5, 5.41) is 2.84. The van der Waals surface area contributed by atoms with Crippen molar-refractivity contribution in [2.75, 3.05) is 36.4 Å². The van der Waals surface area contributed by atoms with Crippen LogP contribution in [0.3, 0.4) is 0 Å². The summed E-state index contributed by atoms with van der Waals surface area (Å²) in [5.74, 6) is -0.208. The SMILES string of the molecule is Cc1ccc(C(=O)Nc2ccc(N3CCN(C(=O)c4ccccc4F)CC3)nc2)cc1. The number of aromatic nitrogens is 1. The van der Waals surface area contributed by atoms with E-state index in [1.54, 1.807) is 35.4 Å². The lowest BCUT2D eigenvalue weighted by molar-refractivity contribution is 0.0741. The predicted molar refractivity (Wildman–Crippen MR) is 118 cm³/mol. The maximum absolute atomic E-state index is 13.9. The molecular weight excluding hydrogens is 395 g/mol. The Hall–Kier alpha value is -3.74. The molecule has 7 heteroatoms. The third kappa shape index (κ3) is 4.71. The van der Waals surface area contributed by atoms with Gasteiger partial charge >= 0.3 is 0 Å². The quantitative estimate of drug-likeness (QED) is 0.701. The highest BCUT2D eigenvalue weighted by Gasteiger charge is 2.24. The third-order valence-corrected chi connectivity index (χ3v) is 5.31. The lowest BCUT2D eigenvalue weighted by atomic mass is 10.1. The first kappa shape index (κ1) is 20.5. The molecule has 0 atom stereocenters. The van der Waals surface area contributed by atoms with Gasteiger partial charge in [0.25, 0.3) is 11.8 Å². The maximum atomic E-state index is 13.9. The zero-order valence-corrected chi connectivity index (χ0v) is 17.2. The molecule has 1 N–H and O–H groups in total. The van der Waals surface area contributed by atoms with Crippen molar-refractivity contribution in [1.82, 2.24) is 9.88 Å². The minimum Gasteiger partial charge on any atom is -0.353 e. The van der Waals surface area contributed by atoms with E-state index in [0.717, 1.165) is 11.4 Å². The molecule has 2 heterocycles. The summed E-state index contributed by atoms with van der Waals surface area (Å²) in [4.78, 5) is 33.1. The minimum absolute atomic E-state index is 0.0998. The van der Waals surface area contributed by atoms with Crippen molar-refractivity contribution < 1.29 is 14.0 Å². The van der Waals surface area contributed by atoms with Crippen LogP contribution in [0, 0.1) is 12.7 Å². The summed E-state index contributed by atoms with van der Waals surface area (Å²) < 4.78 is 13.9. The molecule has 4 rings (SSSR count). The molecule has 1 fully saturated rings. The molecule has 0 unspecified atom stereocenters. The van der Waals surface area contributed by atoms with Gasteiger partial charge in [0.15, 0.2) is 0 Å². The zero-order chi connectivity index (χ0) is 21.8. The van der Waals surface area contributed by atoms with E-state index >= 15 is 0 Å². The first-order valence-corrected chi connectivity index (χ1v) is 10.1. The van der Waals surface area contributed by atoms with Crippen LogP contribution >= 0.6 is 0 Å². The minimum atomic E-state index is -0.500. The fourth-order valence-electron chi connectivity index (χ4n) is 3.50. The van der Waals surface area contributed by atoms with Gasteiger partial charge in [-0.3, -0.25) is 9.59 Å². The maximum Gasteiger partial charge on any atom is 0.256 e. The molecule has 1 aliphatic rings. The molecule has 0 bridgehead atoms. The van der Waals surface area contributed by atoms with E-state index in [1.165, 1.54) is 12.1 Å². The van der Waals surface area contributed by atoms with Gasteiger partial charge in [-0.1, -0.05) is 29.8 Å². The Morgan fingerprint density at radius 3 is 2.29 bits per heavy atom. The van der Waals surface area contributed by atoms with Crippen LogP contribution in [0.2, 0.25) is 0 Å². The number of aryl methyl sites for hydroxylation is 1. The fraction of sp³-hybridized carbons (Fsp3) is 0.208.